The van der Waals surface area contributed by atoms with Crippen molar-refractivity contribution < 1.29 is 28.7 Å². The number of rotatable bonds is 3. The van der Waals surface area contributed by atoms with Gasteiger partial charge in [-0.2, -0.15) is 0 Å². The van der Waals surface area contributed by atoms with Crippen LogP contribution in [-0.4, -0.2) is 23.5 Å². The van der Waals surface area contributed by atoms with Crippen LogP contribution >= 0.6 is 11.3 Å². The Morgan fingerprint density at radius 3 is 1.93 bits per heavy atom. The minimum absolute atomic E-state index is 0.210. The van der Waals surface area contributed by atoms with E-state index in [1.165, 1.54) is 25.2 Å². The van der Waals surface area contributed by atoms with Gasteiger partial charge < -0.3 is 9.47 Å². The molecule has 0 aliphatic heterocycles. The Kier molecular flexibility index (Phi) is 4.31. The Morgan fingerprint density at radius 2 is 1.39 bits per heavy atom. The third-order valence-corrected chi connectivity index (χ3v) is 5.41. The van der Waals surface area contributed by atoms with Gasteiger partial charge in [0.2, 0.25) is 0 Å². The highest BCUT2D eigenvalue weighted by atomic mass is 32.1. The molecule has 1 aliphatic rings. The van der Waals surface area contributed by atoms with Crippen LogP contribution in [0.1, 0.15) is 57.5 Å². The van der Waals surface area contributed by atoms with Crippen molar-refractivity contribution in [3.8, 4) is 0 Å². The number of esters is 2. The fourth-order valence-electron chi connectivity index (χ4n) is 3.27. The summed E-state index contributed by atoms with van der Waals surface area (Å²) in [7, 11) is 0. The summed E-state index contributed by atoms with van der Waals surface area (Å²) in [6.07, 6.45) is -1.22. The number of carbonyl (C=O) groups excluding carboxylic acids is 4. The Labute approximate surface area is 163 Å². The van der Waals surface area contributed by atoms with Gasteiger partial charge in [0.15, 0.2) is 11.6 Å². The Morgan fingerprint density at radius 1 is 0.857 bits per heavy atom. The Hall–Kier alpha value is -3.32. The molecular weight excluding hydrogens is 380 g/mol. The van der Waals surface area contributed by atoms with E-state index in [-0.39, 0.29) is 17.1 Å². The van der Waals surface area contributed by atoms with Gasteiger partial charge in [0.1, 0.15) is 0 Å². The van der Waals surface area contributed by atoms with E-state index in [0.29, 0.717) is 27.6 Å². The molecule has 0 bridgehead atoms. The minimum Gasteiger partial charge on any atom is -0.421 e. The first-order valence-electron chi connectivity index (χ1n) is 8.45. The third-order valence-electron chi connectivity index (χ3n) is 4.45. The number of ketones is 2. The van der Waals surface area contributed by atoms with E-state index in [1.54, 1.807) is 41.8 Å². The number of thiophene rings is 1. The lowest BCUT2D eigenvalue weighted by atomic mass is 9.83. The molecule has 2 aromatic carbocycles. The first-order valence-corrected chi connectivity index (χ1v) is 9.33. The van der Waals surface area contributed by atoms with Crippen molar-refractivity contribution in [1.82, 2.24) is 0 Å². The van der Waals surface area contributed by atoms with Crippen LogP contribution in [0.2, 0.25) is 0 Å². The van der Waals surface area contributed by atoms with Gasteiger partial charge >= 0.3 is 11.9 Å². The number of hydrogen-bond donors (Lipinski definition) is 0. The molecule has 6 nitrogen and oxygen atoms in total. The normalized spacial score (nSPS) is 12.7. The molecule has 28 heavy (non-hydrogen) atoms. The summed E-state index contributed by atoms with van der Waals surface area (Å²) >= 11 is 1.31. The number of benzene rings is 2. The highest BCUT2D eigenvalue weighted by Crippen LogP contribution is 2.37. The van der Waals surface area contributed by atoms with Crippen LogP contribution in [0.25, 0.3) is 10.1 Å². The van der Waals surface area contributed by atoms with E-state index in [0.717, 1.165) is 4.70 Å². The maximum absolute atomic E-state index is 12.9. The van der Waals surface area contributed by atoms with Crippen molar-refractivity contribution in [2.24, 2.45) is 0 Å². The summed E-state index contributed by atoms with van der Waals surface area (Å²) in [6, 6.07) is 9.96. The predicted octanol–water partition coefficient (Wildman–Crippen LogP) is 3.80. The minimum atomic E-state index is -1.22. The summed E-state index contributed by atoms with van der Waals surface area (Å²) < 4.78 is 11.0. The van der Waals surface area contributed by atoms with Crippen molar-refractivity contribution in [2.75, 3.05) is 0 Å². The van der Waals surface area contributed by atoms with E-state index in [9.17, 15) is 19.2 Å². The highest BCUT2D eigenvalue weighted by Gasteiger charge is 2.31. The molecule has 0 spiro atoms. The molecule has 0 fully saturated rings. The molecule has 3 aromatic rings. The smallest absolute Gasteiger partial charge is 0.305 e. The van der Waals surface area contributed by atoms with Crippen LogP contribution in [0.5, 0.6) is 0 Å². The van der Waals surface area contributed by atoms with Gasteiger partial charge in [0.25, 0.3) is 6.29 Å². The van der Waals surface area contributed by atoms with Crippen LogP contribution in [0, 0.1) is 0 Å². The average Bonchev–Trinajstić information content (AvgIpc) is 3.06. The van der Waals surface area contributed by atoms with Crippen LogP contribution in [0.3, 0.4) is 0 Å². The maximum Gasteiger partial charge on any atom is 0.305 e. The molecule has 0 amide bonds. The van der Waals surface area contributed by atoms with Crippen LogP contribution in [-0.2, 0) is 19.1 Å². The van der Waals surface area contributed by atoms with Gasteiger partial charge in [-0.25, -0.2) is 0 Å². The second kappa shape index (κ2) is 6.69. The predicted molar refractivity (Wildman–Crippen MR) is 101 cm³/mol. The van der Waals surface area contributed by atoms with Crippen molar-refractivity contribution in [2.45, 2.75) is 20.1 Å². The van der Waals surface area contributed by atoms with Gasteiger partial charge in [0.05, 0.1) is 5.56 Å². The lowest BCUT2D eigenvalue weighted by Crippen LogP contribution is -2.20. The van der Waals surface area contributed by atoms with Crippen molar-refractivity contribution in [1.29, 1.82) is 0 Å². The van der Waals surface area contributed by atoms with Crippen molar-refractivity contribution in [3.05, 3.63) is 69.6 Å². The Balaban J connectivity index is 1.88. The van der Waals surface area contributed by atoms with Crippen LogP contribution < -0.4 is 0 Å². The van der Waals surface area contributed by atoms with Gasteiger partial charge in [-0.1, -0.05) is 24.3 Å². The third kappa shape index (κ3) is 2.90. The highest BCUT2D eigenvalue weighted by molar-refractivity contribution is 7.17. The molecule has 1 aliphatic carbocycles. The van der Waals surface area contributed by atoms with Gasteiger partial charge in [-0.15, -0.1) is 11.3 Å². The molecular formula is C21H14O6S. The Bertz CT molecular complexity index is 1160. The van der Waals surface area contributed by atoms with Crippen molar-refractivity contribution in [3.63, 3.8) is 0 Å². The molecule has 0 N–H and O–H groups in total. The zero-order valence-corrected chi connectivity index (χ0v) is 15.8. The van der Waals surface area contributed by atoms with E-state index in [2.05, 4.69) is 0 Å². The molecule has 4 rings (SSSR count). The summed E-state index contributed by atoms with van der Waals surface area (Å²) in [4.78, 5) is 48.6. The van der Waals surface area contributed by atoms with Crippen molar-refractivity contribution >= 4 is 44.9 Å². The standard InChI is InChI=1S/C21H14O6S/c1-10(22)26-21(27-11(2)23)17-9-28-18-8-16-15(7-14(17)18)19(24)12-5-3-4-6-13(12)20(16)25/h3-9,21H,1-2H3. The van der Waals surface area contributed by atoms with Gasteiger partial charge in [-0.05, 0) is 12.1 Å². The molecule has 0 saturated carbocycles. The van der Waals surface area contributed by atoms with Crippen LogP contribution in [0.15, 0.2) is 41.8 Å². The van der Waals surface area contributed by atoms with Gasteiger partial charge in [-0.3, -0.25) is 19.2 Å². The summed E-state index contributed by atoms with van der Waals surface area (Å²) in [5.41, 5.74) is 1.80. The lowest BCUT2D eigenvalue weighted by Gasteiger charge is -2.19. The second-order valence-corrected chi connectivity index (χ2v) is 7.25. The zero-order chi connectivity index (χ0) is 20.0. The summed E-state index contributed by atoms with van der Waals surface area (Å²) in [5.74, 6) is -1.67. The number of fused-ring (bicyclic) bond motifs is 3. The molecule has 0 saturated heterocycles. The number of ether oxygens (including phenoxy) is 2. The molecule has 0 atom stereocenters. The summed E-state index contributed by atoms with van der Waals surface area (Å²) in [6.45, 7) is 2.43. The molecule has 140 valence electrons. The van der Waals surface area contributed by atoms with E-state index in [1.807, 2.05) is 0 Å². The molecule has 1 heterocycles. The van der Waals surface area contributed by atoms with Gasteiger partial charge in [0, 0.05) is 51.6 Å². The molecule has 0 unspecified atom stereocenters. The average molecular weight is 394 g/mol. The zero-order valence-electron chi connectivity index (χ0n) is 15.0. The quantitative estimate of drug-likeness (QED) is 0.388. The maximum atomic E-state index is 12.9. The SMILES string of the molecule is CC(=O)OC(OC(C)=O)c1csc2cc3c(cc12)C(=O)c1ccccc1C3=O. The summed E-state index contributed by atoms with van der Waals surface area (Å²) in [5, 5.41) is 2.28. The first kappa shape index (κ1) is 18.1. The van der Waals surface area contributed by atoms with E-state index >= 15 is 0 Å². The molecule has 7 heteroatoms. The number of hydrogen-bond acceptors (Lipinski definition) is 7. The second-order valence-electron chi connectivity index (χ2n) is 6.34. The fraction of sp³-hybridized carbons (Fsp3) is 0.143. The van der Waals surface area contributed by atoms with Crippen LogP contribution in [0.4, 0.5) is 0 Å². The topological polar surface area (TPSA) is 86.7 Å². The lowest BCUT2D eigenvalue weighted by molar-refractivity contribution is -0.186. The van der Waals surface area contributed by atoms with E-state index < -0.39 is 18.2 Å². The monoisotopic (exact) mass is 394 g/mol. The number of carbonyl (C=O) groups is 4. The van der Waals surface area contributed by atoms with E-state index in [4.69, 9.17) is 9.47 Å². The molecule has 0 radical (unpaired) electrons. The fourth-order valence-corrected chi connectivity index (χ4v) is 4.26. The first-order chi connectivity index (χ1) is 13.4. The largest absolute Gasteiger partial charge is 0.421 e. The molecule has 1 aromatic heterocycles.